The van der Waals surface area contributed by atoms with Crippen molar-refractivity contribution in [3.05, 3.63) is 75.3 Å². The molecule has 0 aliphatic heterocycles. The minimum atomic E-state index is 0.460. The number of hydrogen-bond donors (Lipinski definition) is 0. The highest BCUT2D eigenvalue weighted by Gasteiger charge is 2.16. The van der Waals surface area contributed by atoms with Gasteiger partial charge in [-0.3, -0.25) is 4.79 Å². The van der Waals surface area contributed by atoms with E-state index in [9.17, 15) is 4.79 Å². The van der Waals surface area contributed by atoms with Gasteiger partial charge in [-0.15, -0.1) is 11.3 Å². The summed E-state index contributed by atoms with van der Waals surface area (Å²) >= 11 is 7.75. The summed E-state index contributed by atoms with van der Waals surface area (Å²) in [7, 11) is 0. The van der Waals surface area contributed by atoms with Crippen LogP contribution in [0.2, 0.25) is 5.02 Å². The molecule has 26 heavy (non-hydrogen) atoms. The summed E-state index contributed by atoms with van der Waals surface area (Å²) in [4.78, 5) is 18.6. The molecule has 4 nitrogen and oxygen atoms in total. The van der Waals surface area contributed by atoms with Crippen molar-refractivity contribution >= 4 is 40.0 Å². The number of anilines is 2. The Bertz CT molecular complexity index is 960. The minimum absolute atomic E-state index is 0.460. The van der Waals surface area contributed by atoms with E-state index in [4.69, 9.17) is 16.9 Å². The zero-order valence-corrected chi connectivity index (χ0v) is 15.7. The fraction of sp³-hybridized carbons (Fsp3) is 0.150. The Morgan fingerprint density at radius 1 is 1.23 bits per heavy atom. The van der Waals surface area contributed by atoms with E-state index in [0.29, 0.717) is 17.8 Å². The lowest BCUT2D eigenvalue weighted by Gasteiger charge is -2.22. The molecular formula is C20H16ClN3OS. The molecular weight excluding hydrogens is 366 g/mol. The van der Waals surface area contributed by atoms with Crippen molar-refractivity contribution in [2.75, 3.05) is 11.4 Å². The Balaban J connectivity index is 1.93. The number of aryl methyl sites for hydroxylation is 1. The second-order valence-electron chi connectivity index (χ2n) is 5.71. The number of nitrogens with zero attached hydrogens (tertiary/aromatic N) is 3. The molecule has 0 saturated heterocycles. The standard InChI is InChI=1S/C20H16ClN3OS/c1-14-19(13-25)23-20(26-14)24(17-8-6-15(12-22)7-9-17)11-10-16-4-2-3-5-18(16)21/h2-9,13H,10-11H2,1H3. The molecule has 3 rings (SSSR count). The first kappa shape index (κ1) is 18.1. The predicted molar refractivity (Wildman–Crippen MR) is 106 cm³/mol. The van der Waals surface area contributed by atoms with Crippen molar-refractivity contribution in [3.8, 4) is 6.07 Å². The van der Waals surface area contributed by atoms with E-state index in [0.717, 1.165) is 39.0 Å². The largest absolute Gasteiger partial charge is 0.317 e. The number of nitriles is 1. The fourth-order valence-corrected chi connectivity index (χ4v) is 3.76. The van der Waals surface area contributed by atoms with Gasteiger partial charge in [-0.2, -0.15) is 5.26 Å². The predicted octanol–water partition coefficient (Wildman–Crippen LogP) is 5.17. The number of benzene rings is 2. The Hall–Kier alpha value is -2.68. The zero-order chi connectivity index (χ0) is 18.5. The van der Waals surface area contributed by atoms with Gasteiger partial charge in [-0.1, -0.05) is 29.8 Å². The van der Waals surface area contributed by atoms with Crippen LogP contribution in [0.25, 0.3) is 0 Å². The highest BCUT2D eigenvalue weighted by atomic mass is 35.5. The molecule has 0 aliphatic rings. The first-order valence-corrected chi connectivity index (χ1v) is 9.25. The SMILES string of the molecule is Cc1sc(N(CCc2ccccc2Cl)c2ccc(C#N)cc2)nc1C=O. The van der Waals surface area contributed by atoms with Crippen molar-refractivity contribution in [2.45, 2.75) is 13.3 Å². The van der Waals surface area contributed by atoms with E-state index in [-0.39, 0.29) is 0 Å². The fourth-order valence-electron chi connectivity index (χ4n) is 2.60. The average molecular weight is 382 g/mol. The molecule has 130 valence electrons. The van der Waals surface area contributed by atoms with E-state index in [1.165, 1.54) is 11.3 Å². The van der Waals surface area contributed by atoms with Gasteiger partial charge in [-0.25, -0.2) is 4.98 Å². The number of aldehydes is 1. The molecule has 0 spiro atoms. The summed E-state index contributed by atoms with van der Waals surface area (Å²) in [6.07, 6.45) is 1.51. The Morgan fingerprint density at radius 2 is 1.96 bits per heavy atom. The van der Waals surface area contributed by atoms with Crippen molar-refractivity contribution in [1.82, 2.24) is 4.98 Å². The van der Waals surface area contributed by atoms with Crippen LogP contribution in [0.5, 0.6) is 0 Å². The topological polar surface area (TPSA) is 57.0 Å². The summed E-state index contributed by atoms with van der Waals surface area (Å²) in [6, 6.07) is 17.2. The number of thiazole rings is 1. The van der Waals surface area contributed by atoms with E-state index >= 15 is 0 Å². The Morgan fingerprint density at radius 3 is 2.58 bits per heavy atom. The van der Waals surface area contributed by atoms with Crippen molar-refractivity contribution in [1.29, 1.82) is 5.26 Å². The second-order valence-corrected chi connectivity index (χ2v) is 7.30. The summed E-state index contributed by atoms with van der Waals surface area (Å²) in [5.41, 5.74) is 3.03. The van der Waals surface area contributed by atoms with Crippen LogP contribution in [0, 0.1) is 18.3 Å². The summed E-state index contributed by atoms with van der Waals surface area (Å²) in [5, 5.41) is 10.5. The van der Waals surface area contributed by atoms with Crippen LogP contribution in [-0.2, 0) is 6.42 Å². The van der Waals surface area contributed by atoms with Gasteiger partial charge in [0.05, 0.1) is 11.6 Å². The Labute approximate surface area is 161 Å². The second kappa shape index (κ2) is 8.13. The normalized spacial score (nSPS) is 10.3. The first-order valence-electron chi connectivity index (χ1n) is 8.06. The van der Waals surface area contributed by atoms with Crippen molar-refractivity contribution in [2.24, 2.45) is 0 Å². The third kappa shape index (κ3) is 3.93. The molecule has 0 aliphatic carbocycles. The molecule has 0 N–H and O–H groups in total. The Kier molecular flexibility index (Phi) is 5.67. The molecule has 1 heterocycles. The maximum Gasteiger partial charge on any atom is 0.190 e. The van der Waals surface area contributed by atoms with Crippen LogP contribution in [0.1, 0.15) is 26.5 Å². The van der Waals surface area contributed by atoms with E-state index in [2.05, 4.69) is 16.0 Å². The van der Waals surface area contributed by atoms with Gasteiger partial charge >= 0.3 is 0 Å². The highest BCUT2D eigenvalue weighted by molar-refractivity contribution is 7.15. The maximum atomic E-state index is 11.2. The molecule has 3 aromatic rings. The van der Waals surface area contributed by atoms with Gasteiger partial charge in [0.25, 0.3) is 0 Å². The number of rotatable bonds is 6. The number of halogens is 1. The number of aromatic nitrogens is 1. The summed E-state index contributed by atoms with van der Waals surface area (Å²) < 4.78 is 0. The van der Waals surface area contributed by atoms with Gasteiger partial charge in [0, 0.05) is 22.1 Å². The van der Waals surface area contributed by atoms with Crippen LogP contribution < -0.4 is 4.90 Å². The zero-order valence-electron chi connectivity index (χ0n) is 14.1. The molecule has 2 aromatic carbocycles. The molecule has 0 fully saturated rings. The monoisotopic (exact) mass is 381 g/mol. The average Bonchev–Trinajstić information content (AvgIpc) is 3.04. The van der Waals surface area contributed by atoms with E-state index in [1.54, 1.807) is 12.1 Å². The third-order valence-electron chi connectivity index (χ3n) is 4.03. The maximum absolute atomic E-state index is 11.2. The molecule has 0 radical (unpaired) electrons. The third-order valence-corrected chi connectivity index (χ3v) is 5.41. The van der Waals surface area contributed by atoms with Crippen molar-refractivity contribution in [3.63, 3.8) is 0 Å². The molecule has 1 aromatic heterocycles. The van der Waals surface area contributed by atoms with Crippen molar-refractivity contribution < 1.29 is 4.79 Å². The molecule has 0 unspecified atom stereocenters. The summed E-state index contributed by atoms with van der Waals surface area (Å²) in [6.45, 7) is 2.54. The molecule has 0 amide bonds. The lowest BCUT2D eigenvalue weighted by molar-refractivity contribution is 0.111. The van der Waals surface area contributed by atoms with Gasteiger partial charge in [0.2, 0.25) is 0 Å². The van der Waals surface area contributed by atoms with E-state index < -0.39 is 0 Å². The number of carbonyl (C=O) groups excluding carboxylic acids is 1. The quantitative estimate of drug-likeness (QED) is 0.552. The lowest BCUT2D eigenvalue weighted by Crippen LogP contribution is -2.20. The van der Waals surface area contributed by atoms with Crippen LogP contribution in [0.3, 0.4) is 0 Å². The van der Waals surface area contributed by atoms with Gasteiger partial charge in [0.1, 0.15) is 5.69 Å². The smallest absolute Gasteiger partial charge is 0.190 e. The minimum Gasteiger partial charge on any atom is -0.317 e. The van der Waals surface area contributed by atoms with Gasteiger partial charge < -0.3 is 4.90 Å². The highest BCUT2D eigenvalue weighted by Crippen LogP contribution is 2.32. The van der Waals surface area contributed by atoms with Crippen LogP contribution >= 0.6 is 22.9 Å². The van der Waals surface area contributed by atoms with Crippen LogP contribution in [0.15, 0.2) is 48.5 Å². The summed E-state index contributed by atoms with van der Waals surface area (Å²) in [5.74, 6) is 0. The number of hydrogen-bond acceptors (Lipinski definition) is 5. The van der Waals surface area contributed by atoms with Crippen LogP contribution in [0.4, 0.5) is 10.8 Å². The van der Waals surface area contributed by atoms with Gasteiger partial charge in [-0.05, 0) is 49.2 Å². The van der Waals surface area contributed by atoms with Gasteiger partial charge in [0.15, 0.2) is 11.4 Å². The van der Waals surface area contributed by atoms with E-state index in [1.807, 2.05) is 43.3 Å². The number of carbonyl (C=O) groups is 1. The first-order chi connectivity index (χ1) is 12.6. The molecule has 0 saturated carbocycles. The molecule has 6 heteroatoms. The van der Waals surface area contributed by atoms with Crippen LogP contribution in [-0.4, -0.2) is 17.8 Å². The molecule has 0 atom stereocenters. The lowest BCUT2D eigenvalue weighted by atomic mass is 10.1. The molecule has 0 bridgehead atoms.